The summed E-state index contributed by atoms with van der Waals surface area (Å²) < 4.78 is 25.3. The summed E-state index contributed by atoms with van der Waals surface area (Å²) in [6, 6.07) is 13.0. The molecule has 7 heteroatoms. The molecule has 0 atom stereocenters. The molecule has 0 saturated heterocycles. The minimum Gasteiger partial charge on any atom is -0.378 e. The van der Waals surface area contributed by atoms with Gasteiger partial charge in [-0.25, -0.2) is 8.42 Å². The molecule has 0 amide bonds. The van der Waals surface area contributed by atoms with Crippen molar-refractivity contribution in [1.82, 2.24) is 0 Å². The Morgan fingerprint density at radius 2 is 1.75 bits per heavy atom. The average Bonchev–Trinajstić information content (AvgIpc) is 2.55. The molecule has 24 heavy (non-hydrogen) atoms. The van der Waals surface area contributed by atoms with Crippen LogP contribution in [0.2, 0.25) is 10.0 Å². The van der Waals surface area contributed by atoms with Crippen LogP contribution >= 0.6 is 23.2 Å². The molecule has 2 rings (SSSR count). The lowest BCUT2D eigenvalue weighted by atomic mass is 10.2. The number of anilines is 1. The third-order valence-corrected chi connectivity index (χ3v) is 5.67. The van der Waals surface area contributed by atoms with Crippen LogP contribution in [0.1, 0.15) is 5.56 Å². The van der Waals surface area contributed by atoms with Crippen LogP contribution in [-0.2, 0) is 9.84 Å². The molecule has 0 fully saturated rings. The third kappa shape index (κ3) is 3.90. The Morgan fingerprint density at radius 1 is 1.12 bits per heavy atom. The minimum absolute atomic E-state index is 0.0171. The number of nitriles is 1. The summed E-state index contributed by atoms with van der Waals surface area (Å²) in [5.74, 6) is 0. The van der Waals surface area contributed by atoms with Crippen molar-refractivity contribution in [3.63, 3.8) is 0 Å². The van der Waals surface area contributed by atoms with E-state index in [1.54, 1.807) is 18.2 Å². The normalized spacial score (nSPS) is 11.9. The Morgan fingerprint density at radius 3 is 2.29 bits per heavy atom. The van der Waals surface area contributed by atoms with Gasteiger partial charge in [-0.3, -0.25) is 0 Å². The Labute approximate surface area is 151 Å². The summed E-state index contributed by atoms with van der Waals surface area (Å²) in [5.41, 5.74) is 1.56. The van der Waals surface area contributed by atoms with E-state index in [1.165, 1.54) is 24.3 Å². The smallest absolute Gasteiger partial charge is 0.218 e. The van der Waals surface area contributed by atoms with E-state index in [9.17, 15) is 13.7 Å². The zero-order valence-corrected chi connectivity index (χ0v) is 15.3. The maximum Gasteiger partial charge on any atom is 0.218 e. The highest BCUT2D eigenvalue weighted by Gasteiger charge is 2.24. The lowest BCUT2D eigenvalue weighted by molar-refractivity contribution is 0.603. The van der Waals surface area contributed by atoms with Gasteiger partial charge in [-0.2, -0.15) is 5.26 Å². The van der Waals surface area contributed by atoms with E-state index in [0.717, 1.165) is 5.69 Å². The molecular formula is C17H14Cl2N2O2S. The second-order valence-electron chi connectivity index (χ2n) is 5.18. The number of rotatable bonds is 4. The van der Waals surface area contributed by atoms with E-state index in [1.807, 2.05) is 31.1 Å². The number of benzene rings is 2. The van der Waals surface area contributed by atoms with Gasteiger partial charge in [0.25, 0.3) is 0 Å². The largest absolute Gasteiger partial charge is 0.378 e. The van der Waals surface area contributed by atoms with Gasteiger partial charge in [0.15, 0.2) is 0 Å². The van der Waals surface area contributed by atoms with Gasteiger partial charge in [0.2, 0.25) is 9.84 Å². The van der Waals surface area contributed by atoms with Gasteiger partial charge in [-0.05, 0) is 42.0 Å². The summed E-state index contributed by atoms with van der Waals surface area (Å²) in [7, 11) is -0.256. The first-order chi connectivity index (χ1) is 11.3. The second-order valence-corrected chi connectivity index (χ2v) is 7.91. The number of nitrogens with zero attached hydrogens (tertiary/aromatic N) is 2. The molecule has 124 valence electrons. The molecule has 2 aromatic rings. The van der Waals surface area contributed by atoms with Crippen LogP contribution in [0.25, 0.3) is 6.08 Å². The summed E-state index contributed by atoms with van der Waals surface area (Å²) in [6.45, 7) is 0. The Bertz CT molecular complexity index is 928. The average molecular weight is 381 g/mol. The van der Waals surface area contributed by atoms with Crippen molar-refractivity contribution in [2.75, 3.05) is 19.0 Å². The van der Waals surface area contributed by atoms with Crippen molar-refractivity contribution in [3.05, 3.63) is 63.0 Å². The van der Waals surface area contributed by atoms with Crippen molar-refractivity contribution in [2.45, 2.75) is 4.90 Å². The highest BCUT2D eigenvalue weighted by molar-refractivity contribution is 7.95. The van der Waals surface area contributed by atoms with Crippen molar-refractivity contribution in [1.29, 1.82) is 5.26 Å². The van der Waals surface area contributed by atoms with Gasteiger partial charge < -0.3 is 4.90 Å². The number of halogens is 2. The summed E-state index contributed by atoms with van der Waals surface area (Å²) in [4.78, 5) is 1.33. The molecule has 0 heterocycles. The van der Waals surface area contributed by atoms with E-state index < -0.39 is 14.7 Å². The van der Waals surface area contributed by atoms with Crippen LogP contribution in [0.15, 0.2) is 52.3 Å². The van der Waals surface area contributed by atoms with Crippen LogP contribution in [0, 0.1) is 11.3 Å². The monoisotopic (exact) mass is 380 g/mol. The van der Waals surface area contributed by atoms with Gasteiger partial charge in [-0.15, -0.1) is 0 Å². The predicted octanol–water partition coefficient (Wildman–Crippen LogP) is 4.40. The molecule has 0 aromatic heterocycles. The lowest BCUT2D eigenvalue weighted by Gasteiger charge is -2.12. The topological polar surface area (TPSA) is 61.2 Å². The maximum atomic E-state index is 12.7. The predicted molar refractivity (Wildman–Crippen MR) is 98.0 cm³/mol. The quantitative estimate of drug-likeness (QED) is 0.737. The molecule has 0 saturated carbocycles. The summed E-state index contributed by atoms with van der Waals surface area (Å²) in [6.07, 6.45) is 1.31. The van der Waals surface area contributed by atoms with Gasteiger partial charge in [0.1, 0.15) is 11.0 Å². The Kier molecular flexibility index (Phi) is 5.55. The molecule has 0 N–H and O–H groups in total. The molecule has 0 spiro atoms. The zero-order chi connectivity index (χ0) is 17.9. The zero-order valence-electron chi connectivity index (χ0n) is 13.0. The van der Waals surface area contributed by atoms with Gasteiger partial charge in [-0.1, -0.05) is 35.3 Å². The standard InChI is InChI=1S/C17H14Cl2N2O2S/c1-21(2)14-6-3-12(4-7-14)9-15(11-20)24(22,23)17-10-13(18)5-8-16(17)19/h3-10H,1-2H3/b15-9+. The van der Waals surface area contributed by atoms with Crippen LogP contribution in [0.4, 0.5) is 5.69 Å². The van der Waals surface area contributed by atoms with Crippen LogP contribution < -0.4 is 4.90 Å². The number of hydrogen-bond acceptors (Lipinski definition) is 4. The van der Waals surface area contributed by atoms with Crippen LogP contribution in [0.3, 0.4) is 0 Å². The molecule has 0 aliphatic heterocycles. The Balaban J connectivity index is 2.50. The number of sulfone groups is 1. The first-order valence-electron chi connectivity index (χ1n) is 6.85. The highest BCUT2D eigenvalue weighted by atomic mass is 35.5. The van der Waals surface area contributed by atoms with Crippen molar-refractivity contribution < 1.29 is 8.42 Å². The fourth-order valence-corrected chi connectivity index (χ4v) is 3.91. The molecular weight excluding hydrogens is 367 g/mol. The van der Waals surface area contributed by atoms with E-state index in [0.29, 0.717) is 5.56 Å². The van der Waals surface area contributed by atoms with Crippen molar-refractivity contribution in [3.8, 4) is 6.07 Å². The maximum absolute atomic E-state index is 12.7. The molecule has 4 nitrogen and oxygen atoms in total. The van der Waals surface area contributed by atoms with Gasteiger partial charge >= 0.3 is 0 Å². The van der Waals surface area contributed by atoms with Gasteiger partial charge in [0, 0.05) is 24.8 Å². The first kappa shape index (κ1) is 18.3. The third-order valence-electron chi connectivity index (χ3n) is 3.29. The van der Waals surface area contributed by atoms with Gasteiger partial charge in [0.05, 0.1) is 9.92 Å². The van der Waals surface area contributed by atoms with E-state index in [-0.39, 0.29) is 14.9 Å². The molecule has 0 aliphatic rings. The molecule has 0 unspecified atom stereocenters. The fraction of sp³-hybridized carbons (Fsp3) is 0.118. The van der Waals surface area contributed by atoms with Crippen LogP contribution in [-0.4, -0.2) is 22.5 Å². The summed E-state index contributed by atoms with van der Waals surface area (Å²) >= 11 is 11.8. The molecule has 0 radical (unpaired) electrons. The first-order valence-corrected chi connectivity index (χ1v) is 9.09. The molecule has 0 aliphatic carbocycles. The highest BCUT2D eigenvalue weighted by Crippen LogP contribution is 2.30. The van der Waals surface area contributed by atoms with Crippen LogP contribution in [0.5, 0.6) is 0 Å². The van der Waals surface area contributed by atoms with Crippen molar-refractivity contribution in [2.24, 2.45) is 0 Å². The van der Waals surface area contributed by atoms with E-state index in [2.05, 4.69) is 0 Å². The molecule has 0 bridgehead atoms. The van der Waals surface area contributed by atoms with E-state index >= 15 is 0 Å². The Hall–Kier alpha value is -2.00. The number of hydrogen-bond donors (Lipinski definition) is 0. The molecule has 2 aromatic carbocycles. The van der Waals surface area contributed by atoms with E-state index in [4.69, 9.17) is 23.2 Å². The fourth-order valence-electron chi connectivity index (χ4n) is 1.99. The summed E-state index contributed by atoms with van der Waals surface area (Å²) in [5, 5.41) is 9.55. The SMILES string of the molecule is CN(C)c1ccc(/C=C(\C#N)S(=O)(=O)c2cc(Cl)ccc2Cl)cc1. The number of allylic oxidation sites excluding steroid dienone is 1. The van der Waals surface area contributed by atoms with Crippen molar-refractivity contribution >= 4 is 44.8 Å². The second kappa shape index (κ2) is 7.27. The lowest BCUT2D eigenvalue weighted by Crippen LogP contribution is -2.08. The minimum atomic E-state index is -4.06.